The summed E-state index contributed by atoms with van der Waals surface area (Å²) in [6.45, 7) is 4.31. The fraction of sp³-hybridized carbons (Fsp3) is 0.125. The number of hydrogen-bond acceptors (Lipinski definition) is 3. The molecule has 9 rings (SSSR count). The summed E-state index contributed by atoms with van der Waals surface area (Å²) < 4.78 is 50.0. The number of ether oxygens (including phenoxy) is 3. The molecule has 5 heteroatoms. The molecule has 1 aliphatic carbocycles. The van der Waals surface area contributed by atoms with Crippen LogP contribution in [0.25, 0.3) is 28.0 Å². The number of halogens is 2. The molecule has 0 amide bonds. The lowest BCUT2D eigenvalue weighted by atomic mass is 9.71. The zero-order valence-electron chi connectivity index (χ0n) is 29.4. The van der Waals surface area contributed by atoms with Gasteiger partial charge in [0.25, 0.3) is 0 Å². The van der Waals surface area contributed by atoms with Crippen molar-refractivity contribution in [3.63, 3.8) is 0 Å². The van der Waals surface area contributed by atoms with Crippen LogP contribution in [0, 0.1) is 11.6 Å². The van der Waals surface area contributed by atoms with E-state index >= 15 is 4.39 Å². The van der Waals surface area contributed by atoms with E-state index in [0.29, 0.717) is 22.6 Å². The summed E-state index contributed by atoms with van der Waals surface area (Å²) in [4.78, 5) is 0. The first-order chi connectivity index (χ1) is 25.9. The Morgan fingerprint density at radius 3 is 1.66 bits per heavy atom. The number of rotatable bonds is 8. The Morgan fingerprint density at radius 2 is 1.09 bits per heavy atom. The smallest absolute Gasteiger partial charge is 0.178 e. The predicted molar refractivity (Wildman–Crippen MR) is 207 cm³/mol. The van der Waals surface area contributed by atoms with Crippen molar-refractivity contribution in [2.24, 2.45) is 0 Å². The van der Waals surface area contributed by atoms with Gasteiger partial charge in [-0.2, -0.15) is 0 Å². The summed E-state index contributed by atoms with van der Waals surface area (Å²) in [5.41, 5.74) is 5.12. The van der Waals surface area contributed by atoms with Gasteiger partial charge in [-0.05, 0) is 119 Å². The molecule has 0 radical (unpaired) electrons. The molecule has 0 fully saturated rings. The van der Waals surface area contributed by atoms with Gasteiger partial charge >= 0.3 is 0 Å². The number of fused-ring (bicyclic) bond motifs is 8. The van der Waals surface area contributed by atoms with E-state index in [-0.39, 0.29) is 11.6 Å². The highest BCUT2D eigenvalue weighted by molar-refractivity contribution is 6.08. The zero-order valence-corrected chi connectivity index (χ0v) is 29.4. The second kappa shape index (κ2) is 12.8. The van der Waals surface area contributed by atoms with Crippen molar-refractivity contribution in [2.75, 3.05) is 0 Å². The highest BCUT2D eigenvalue weighted by atomic mass is 19.1. The van der Waals surface area contributed by atoms with Crippen molar-refractivity contribution in [1.82, 2.24) is 0 Å². The maximum Gasteiger partial charge on any atom is 0.178 e. The first-order valence-electron chi connectivity index (χ1n) is 18.1. The SMILES string of the molecule is CCC1(CC)c2cc(F)ccc2-c2c1c1c(c3cc(F)ccc23)OC(c2ccc(Oc3ccccc3)cc2)(c2ccc(Oc3ccccc3)cc2)C=C1. The molecule has 0 saturated carbocycles. The van der Waals surface area contributed by atoms with Gasteiger partial charge < -0.3 is 14.2 Å². The van der Waals surface area contributed by atoms with Crippen LogP contribution in [0.2, 0.25) is 0 Å². The van der Waals surface area contributed by atoms with Crippen LogP contribution in [-0.4, -0.2) is 0 Å². The maximum absolute atomic E-state index is 15.3. The third kappa shape index (κ3) is 5.30. The van der Waals surface area contributed by atoms with E-state index in [1.54, 1.807) is 12.1 Å². The Hall–Kier alpha value is -6.20. The first kappa shape index (κ1) is 32.7. The van der Waals surface area contributed by atoms with Crippen LogP contribution in [0.3, 0.4) is 0 Å². The second-order valence-corrected chi connectivity index (χ2v) is 13.7. The van der Waals surface area contributed by atoms with Gasteiger partial charge in [0.15, 0.2) is 5.60 Å². The van der Waals surface area contributed by atoms with Gasteiger partial charge in [0.2, 0.25) is 0 Å². The van der Waals surface area contributed by atoms with Crippen molar-refractivity contribution in [3.05, 3.63) is 191 Å². The van der Waals surface area contributed by atoms with E-state index < -0.39 is 11.0 Å². The van der Waals surface area contributed by atoms with Gasteiger partial charge in [-0.1, -0.05) is 92.7 Å². The van der Waals surface area contributed by atoms with Gasteiger partial charge in [0, 0.05) is 27.5 Å². The molecule has 7 aromatic carbocycles. The lowest BCUT2D eigenvalue weighted by Crippen LogP contribution is -2.35. The minimum atomic E-state index is -1.10. The Kier molecular flexibility index (Phi) is 7.88. The molecule has 1 heterocycles. The zero-order chi connectivity index (χ0) is 36.2. The summed E-state index contributed by atoms with van der Waals surface area (Å²) in [5, 5.41) is 1.54. The third-order valence-corrected chi connectivity index (χ3v) is 11.0. The highest BCUT2D eigenvalue weighted by Gasteiger charge is 2.47. The van der Waals surface area contributed by atoms with E-state index in [9.17, 15) is 4.39 Å². The van der Waals surface area contributed by atoms with Gasteiger partial charge in [-0.3, -0.25) is 0 Å². The lowest BCUT2D eigenvalue weighted by molar-refractivity contribution is 0.163. The van der Waals surface area contributed by atoms with E-state index in [1.807, 2.05) is 121 Å². The molecule has 0 saturated heterocycles. The summed E-state index contributed by atoms with van der Waals surface area (Å²) in [5.74, 6) is 2.82. The largest absolute Gasteiger partial charge is 0.472 e. The molecule has 0 spiro atoms. The third-order valence-electron chi connectivity index (χ3n) is 11.0. The minimum absolute atomic E-state index is 0.266. The van der Waals surface area contributed by atoms with Gasteiger partial charge in [-0.15, -0.1) is 0 Å². The first-order valence-corrected chi connectivity index (χ1v) is 18.1. The molecule has 2 aliphatic rings. The lowest BCUT2D eigenvalue weighted by Gasteiger charge is -2.39. The summed E-state index contributed by atoms with van der Waals surface area (Å²) >= 11 is 0. The van der Waals surface area contributed by atoms with Crippen molar-refractivity contribution < 1.29 is 23.0 Å². The summed E-state index contributed by atoms with van der Waals surface area (Å²) in [7, 11) is 0. The molecule has 7 aromatic rings. The molecule has 0 N–H and O–H groups in total. The Labute approximate surface area is 307 Å². The van der Waals surface area contributed by atoms with Gasteiger partial charge in [0.05, 0.1) is 0 Å². The minimum Gasteiger partial charge on any atom is -0.472 e. The normalized spacial score (nSPS) is 14.6. The Bertz CT molecular complexity index is 2420. The van der Waals surface area contributed by atoms with E-state index in [2.05, 4.69) is 26.0 Å². The monoisotopic (exact) mass is 698 g/mol. The molecule has 0 atom stereocenters. The predicted octanol–water partition coefficient (Wildman–Crippen LogP) is 13.1. The van der Waals surface area contributed by atoms with E-state index in [0.717, 1.165) is 68.7 Å². The number of benzene rings is 7. The Morgan fingerprint density at radius 1 is 0.566 bits per heavy atom. The van der Waals surface area contributed by atoms with Crippen molar-refractivity contribution >= 4 is 16.8 Å². The molecule has 0 bridgehead atoms. The van der Waals surface area contributed by atoms with Crippen LogP contribution in [0.1, 0.15) is 54.5 Å². The maximum atomic E-state index is 15.3. The van der Waals surface area contributed by atoms with Crippen LogP contribution in [0.4, 0.5) is 8.78 Å². The van der Waals surface area contributed by atoms with Gasteiger partial charge in [0.1, 0.15) is 40.4 Å². The van der Waals surface area contributed by atoms with Gasteiger partial charge in [-0.25, -0.2) is 8.78 Å². The molecule has 53 heavy (non-hydrogen) atoms. The highest BCUT2D eigenvalue weighted by Crippen LogP contribution is 2.60. The standard InChI is InChI=1S/C48H36F2O3/c1-3-47(4-2)43-30-34(50)20-26-40(43)44-39-25-19-33(49)29-42(39)46-41(45(44)47)27-28-48(53-46,31-15-21-37(22-16-31)51-35-11-7-5-8-12-35)32-17-23-38(24-18-32)52-36-13-9-6-10-14-36/h5-30H,3-4H2,1-2H3. The molecule has 0 aromatic heterocycles. The van der Waals surface area contributed by atoms with Crippen LogP contribution < -0.4 is 14.2 Å². The summed E-state index contributed by atoms with van der Waals surface area (Å²) in [6, 6.07) is 45.1. The molecular formula is C48H36F2O3. The van der Waals surface area contributed by atoms with E-state index in [4.69, 9.17) is 14.2 Å². The Balaban J connectivity index is 1.24. The molecule has 1 aliphatic heterocycles. The molecule has 0 unspecified atom stereocenters. The number of para-hydroxylation sites is 2. The number of hydrogen-bond donors (Lipinski definition) is 0. The average molecular weight is 699 g/mol. The van der Waals surface area contributed by atoms with Crippen molar-refractivity contribution in [1.29, 1.82) is 0 Å². The van der Waals surface area contributed by atoms with E-state index in [1.165, 1.54) is 12.1 Å². The fourth-order valence-corrected chi connectivity index (χ4v) is 8.41. The molecular weight excluding hydrogens is 663 g/mol. The second-order valence-electron chi connectivity index (χ2n) is 13.7. The average Bonchev–Trinajstić information content (AvgIpc) is 3.49. The van der Waals surface area contributed by atoms with Crippen LogP contribution in [0.5, 0.6) is 28.7 Å². The fourth-order valence-electron chi connectivity index (χ4n) is 8.41. The molecule has 260 valence electrons. The topological polar surface area (TPSA) is 27.7 Å². The summed E-state index contributed by atoms with van der Waals surface area (Å²) in [6.07, 6.45) is 5.75. The van der Waals surface area contributed by atoms with Crippen molar-refractivity contribution in [3.8, 4) is 39.9 Å². The van der Waals surface area contributed by atoms with Crippen LogP contribution in [0.15, 0.2) is 152 Å². The quantitative estimate of drug-likeness (QED) is 0.158. The molecule has 3 nitrogen and oxygen atoms in total. The van der Waals surface area contributed by atoms with Crippen LogP contribution >= 0.6 is 0 Å². The van der Waals surface area contributed by atoms with Crippen LogP contribution in [-0.2, 0) is 11.0 Å². The van der Waals surface area contributed by atoms with Crippen molar-refractivity contribution in [2.45, 2.75) is 37.7 Å².